The van der Waals surface area contributed by atoms with E-state index in [1.807, 2.05) is 0 Å². The number of carbonyl (C=O) groups excluding carboxylic acids is 1. The van der Waals surface area contributed by atoms with Crippen molar-refractivity contribution in [3.63, 3.8) is 0 Å². The van der Waals surface area contributed by atoms with Crippen LogP contribution >= 0.6 is 11.3 Å². The zero-order chi connectivity index (χ0) is 15.9. The van der Waals surface area contributed by atoms with Gasteiger partial charge in [-0.15, -0.1) is 11.3 Å². The van der Waals surface area contributed by atoms with Gasteiger partial charge >= 0.3 is 0 Å². The summed E-state index contributed by atoms with van der Waals surface area (Å²) in [6.07, 6.45) is 1.50. The molecule has 0 bridgehead atoms. The van der Waals surface area contributed by atoms with Crippen molar-refractivity contribution in [2.75, 3.05) is 12.4 Å². The Bertz CT molecular complexity index is 872. The number of hydrogen-bond acceptors (Lipinski definition) is 7. The average molecular weight is 337 g/mol. The lowest BCUT2D eigenvalue weighted by atomic mass is 10.2. The van der Waals surface area contributed by atoms with Gasteiger partial charge in [0.1, 0.15) is 10.7 Å². The number of allylic oxidation sites excluding steroid dienone is 1. The van der Waals surface area contributed by atoms with Gasteiger partial charge in [0.05, 0.1) is 4.88 Å². The van der Waals surface area contributed by atoms with Crippen LogP contribution in [0.3, 0.4) is 0 Å². The molecule has 0 aromatic carbocycles. The fourth-order valence-corrected chi connectivity index (χ4v) is 4.60. The lowest BCUT2D eigenvalue weighted by Crippen LogP contribution is -2.37. The summed E-state index contributed by atoms with van der Waals surface area (Å²) in [5, 5.41) is 14.2. The van der Waals surface area contributed by atoms with Gasteiger partial charge in [0.15, 0.2) is 5.70 Å². The molecule has 2 aromatic heterocycles. The highest BCUT2D eigenvalue weighted by molar-refractivity contribution is 7.89. The molecular weight excluding hydrogens is 326 g/mol. The fourth-order valence-electron chi connectivity index (χ4n) is 2.06. The van der Waals surface area contributed by atoms with Gasteiger partial charge in [-0.25, -0.2) is 13.4 Å². The van der Waals surface area contributed by atoms with Crippen molar-refractivity contribution in [3.05, 3.63) is 52.3 Å². The maximum atomic E-state index is 12.4. The number of anilines is 1. The quantitative estimate of drug-likeness (QED) is 0.640. The largest absolute Gasteiger partial charge is 0.493 e. The van der Waals surface area contributed by atoms with E-state index >= 15 is 0 Å². The smallest absolute Gasteiger partial charge is 0.265 e. The number of Topliss-reactive ketones (excluding diaryl/α,β-unsaturated/α-hetero) is 1. The fraction of sp³-hybridized carbons (Fsp3) is 0.0769. The van der Waals surface area contributed by atoms with Gasteiger partial charge in [0, 0.05) is 13.2 Å². The second-order valence-electron chi connectivity index (χ2n) is 4.45. The molecule has 22 heavy (non-hydrogen) atoms. The number of hydrogen-bond donors (Lipinski definition) is 2. The Kier molecular flexibility index (Phi) is 3.38. The lowest BCUT2D eigenvalue weighted by molar-refractivity contribution is 0.100. The Morgan fingerprint density at radius 3 is 2.82 bits per heavy atom. The molecule has 0 saturated heterocycles. The van der Waals surface area contributed by atoms with Crippen LogP contribution in [0.15, 0.2) is 52.3 Å². The number of fused-ring (bicyclic) bond motifs is 1. The normalized spacial score (nSPS) is 18.8. The molecule has 7 nitrogen and oxygen atoms in total. The molecule has 0 unspecified atom stereocenters. The van der Waals surface area contributed by atoms with Crippen LogP contribution in [0.2, 0.25) is 0 Å². The highest BCUT2D eigenvalue weighted by atomic mass is 32.2. The van der Waals surface area contributed by atoms with Crippen molar-refractivity contribution in [2.45, 2.75) is 4.90 Å². The van der Waals surface area contributed by atoms with E-state index in [0.29, 0.717) is 5.82 Å². The summed E-state index contributed by atoms with van der Waals surface area (Å²) in [6.45, 7) is 0. The van der Waals surface area contributed by atoms with Gasteiger partial charge in [-0.3, -0.25) is 9.10 Å². The van der Waals surface area contributed by atoms with Crippen molar-refractivity contribution in [2.24, 2.45) is 0 Å². The average Bonchev–Trinajstić information content (AvgIpc) is 2.97. The Morgan fingerprint density at radius 1 is 1.36 bits per heavy atom. The Labute approximate surface area is 130 Å². The minimum Gasteiger partial charge on any atom is -0.493 e. The zero-order valence-corrected chi connectivity index (χ0v) is 13.0. The molecule has 0 radical (unpaired) electrons. The van der Waals surface area contributed by atoms with Crippen LogP contribution in [-0.4, -0.2) is 35.6 Å². The van der Waals surface area contributed by atoms with Crippen LogP contribution in [0.25, 0.3) is 0 Å². The van der Waals surface area contributed by atoms with E-state index in [4.69, 9.17) is 0 Å². The number of nitrogens with one attached hydrogen (secondary N) is 1. The summed E-state index contributed by atoms with van der Waals surface area (Å²) >= 11 is 1.02. The lowest BCUT2D eigenvalue weighted by Gasteiger charge is -2.26. The molecule has 0 spiro atoms. The summed E-state index contributed by atoms with van der Waals surface area (Å²) in [6, 6.07) is 6.34. The first-order valence-electron chi connectivity index (χ1n) is 6.15. The maximum absolute atomic E-state index is 12.4. The first-order valence-corrected chi connectivity index (χ1v) is 8.47. The van der Waals surface area contributed by atoms with Gasteiger partial charge in [0.25, 0.3) is 10.0 Å². The molecular formula is C13H11N3O4S2. The van der Waals surface area contributed by atoms with E-state index in [1.165, 1.54) is 24.7 Å². The summed E-state index contributed by atoms with van der Waals surface area (Å²) in [5.41, 5.74) is -0.333. The molecule has 1 aliphatic rings. The van der Waals surface area contributed by atoms with Crippen molar-refractivity contribution in [1.82, 2.24) is 9.29 Å². The van der Waals surface area contributed by atoms with E-state index in [0.717, 1.165) is 15.6 Å². The van der Waals surface area contributed by atoms with Gasteiger partial charge in [-0.1, -0.05) is 6.07 Å². The first-order chi connectivity index (χ1) is 10.4. The first kappa shape index (κ1) is 14.5. The van der Waals surface area contributed by atoms with E-state index in [9.17, 15) is 18.3 Å². The number of aliphatic hydroxyl groups excluding tert-OH is 1. The molecule has 114 valence electrons. The highest BCUT2D eigenvalue weighted by Crippen LogP contribution is 2.35. The van der Waals surface area contributed by atoms with Crippen LogP contribution in [0, 0.1) is 0 Å². The third-order valence-electron chi connectivity index (χ3n) is 3.14. The predicted octanol–water partition coefficient (Wildman–Crippen LogP) is 1.80. The number of ketones is 1. The predicted molar refractivity (Wildman–Crippen MR) is 81.1 cm³/mol. The number of aliphatic hydroxyl groups is 1. The van der Waals surface area contributed by atoms with Gasteiger partial charge in [-0.05, 0) is 23.6 Å². The molecule has 0 aliphatic carbocycles. The molecule has 0 saturated carbocycles. The molecule has 0 atom stereocenters. The second kappa shape index (κ2) is 5.11. The van der Waals surface area contributed by atoms with Gasteiger partial charge in [0.2, 0.25) is 11.7 Å². The Balaban J connectivity index is 2.11. The number of rotatable bonds is 2. The summed E-state index contributed by atoms with van der Waals surface area (Å²) in [4.78, 5) is 16.4. The van der Waals surface area contributed by atoms with Crippen LogP contribution in [-0.2, 0) is 10.0 Å². The van der Waals surface area contributed by atoms with Crippen LogP contribution < -0.4 is 5.32 Å². The summed E-state index contributed by atoms with van der Waals surface area (Å²) < 4.78 is 25.5. The summed E-state index contributed by atoms with van der Waals surface area (Å²) in [7, 11) is -2.63. The number of likely N-dealkylation sites (N-methyl/N-ethyl adjacent to an activating group) is 1. The number of carbonyl (C=O) groups is 1. The molecule has 2 N–H and O–H groups in total. The third-order valence-corrected chi connectivity index (χ3v) is 5.98. The van der Waals surface area contributed by atoms with Crippen molar-refractivity contribution >= 4 is 33.0 Å². The maximum Gasteiger partial charge on any atom is 0.265 e. The van der Waals surface area contributed by atoms with E-state index in [2.05, 4.69) is 10.3 Å². The number of pyridine rings is 1. The van der Waals surface area contributed by atoms with Crippen molar-refractivity contribution in [1.29, 1.82) is 0 Å². The number of thiophene rings is 1. The van der Waals surface area contributed by atoms with Crippen molar-refractivity contribution < 1.29 is 18.3 Å². The van der Waals surface area contributed by atoms with Gasteiger partial charge < -0.3 is 10.4 Å². The summed E-state index contributed by atoms with van der Waals surface area (Å²) in [5.74, 6) is -0.819. The van der Waals surface area contributed by atoms with E-state index in [-0.39, 0.29) is 15.5 Å². The molecule has 9 heteroatoms. The molecule has 3 rings (SSSR count). The van der Waals surface area contributed by atoms with E-state index < -0.39 is 21.7 Å². The Morgan fingerprint density at radius 2 is 2.14 bits per heavy atom. The van der Waals surface area contributed by atoms with E-state index in [1.54, 1.807) is 18.2 Å². The molecule has 3 heterocycles. The van der Waals surface area contributed by atoms with Crippen molar-refractivity contribution in [3.8, 4) is 0 Å². The SMILES string of the molecule is CN1/C(=C(/O)Nc2ccccn2)C(=O)c2sccc2S1(=O)=O. The number of aromatic nitrogens is 1. The zero-order valence-electron chi connectivity index (χ0n) is 11.3. The van der Waals surface area contributed by atoms with Crippen LogP contribution in [0.5, 0.6) is 0 Å². The number of nitrogens with zero attached hydrogens (tertiary/aromatic N) is 2. The molecule has 2 aromatic rings. The molecule has 0 fully saturated rings. The number of sulfonamides is 1. The van der Waals surface area contributed by atoms with Crippen LogP contribution in [0.1, 0.15) is 9.67 Å². The third kappa shape index (κ3) is 2.14. The highest BCUT2D eigenvalue weighted by Gasteiger charge is 2.40. The van der Waals surface area contributed by atoms with Crippen LogP contribution in [0.4, 0.5) is 5.82 Å². The minimum atomic E-state index is -3.85. The standard InChI is InChI=1S/C13H11N3O4S2/c1-16-10(13(18)15-9-4-2-3-6-14-9)11(17)12-8(5-7-21-12)22(16,19)20/h2-7,18H,1H3,(H,14,15)/b13-10+. The second-order valence-corrected chi connectivity index (χ2v) is 7.31. The molecule has 1 aliphatic heterocycles. The minimum absolute atomic E-state index is 0.0422. The Hall–Kier alpha value is -2.39. The van der Waals surface area contributed by atoms with Gasteiger partial charge in [-0.2, -0.15) is 0 Å². The topological polar surface area (TPSA) is 99.6 Å². The molecule has 0 amide bonds. The monoisotopic (exact) mass is 337 g/mol.